The molecule has 0 saturated heterocycles. The van der Waals surface area contributed by atoms with Gasteiger partial charge in [-0.05, 0) is 137 Å². The molecule has 60 heavy (non-hydrogen) atoms. The molecular formula is C55H45N3OS. The van der Waals surface area contributed by atoms with Crippen LogP contribution in [0, 0.1) is 0 Å². The second-order valence-corrected chi connectivity index (χ2v) is 16.8. The summed E-state index contributed by atoms with van der Waals surface area (Å²) in [5.41, 5.74) is 14.2. The van der Waals surface area contributed by atoms with Crippen LogP contribution in [0.5, 0.6) is 5.75 Å². The maximum absolute atomic E-state index is 6.43. The molecule has 0 saturated carbocycles. The molecule has 1 aliphatic heterocycles. The van der Waals surface area contributed by atoms with Gasteiger partial charge < -0.3 is 4.74 Å². The summed E-state index contributed by atoms with van der Waals surface area (Å²) in [6.45, 7) is 10.8. The highest BCUT2D eigenvalue weighted by Gasteiger charge is 2.26. The van der Waals surface area contributed by atoms with Crippen LogP contribution in [-0.2, 0) is 12.8 Å². The van der Waals surface area contributed by atoms with E-state index in [2.05, 4.69) is 154 Å². The molecule has 0 bridgehead atoms. The van der Waals surface area contributed by atoms with Crippen molar-refractivity contribution in [3.8, 4) is 28.3 Å². The van der Waals surface area contributed by atoms with E-state index in [0.717, 1.165) is 53.1 Å². The van der Waals surface area contributed by atoms with E-state index in [1.807, 2.05) is 30.4 Å². The molecule has 4 nitrogen and oxygen atoms in total. The summed E-state index contributed by atoms with van der Waals surface area (Å²) in [6, 6.07) is 35.2. The van der Waals surface area contributed by atoms with E-state index in [9.17, 15) is 0 Å². The Kier molecular flexibility index (Phi) is 9.90. The largest absolute Gasteiger partial charge is 0.488 e. The minimum absolute atomic E-state index is 0.0222. The average Bonchev–Trinajstić information content (AvgIpc) is 3.68. The SMILES string of the molecule is C=C/C=C\C(=C/C)c1nc(-c2cccc(C(C)=C3/C(=C\C)COc4ccc(-c5cc6ccccc6c6c5CCC=C6)cc43)c2)nc(C2C=Cc3c(sc4ccccc34)C2)n1. The Bertz CT molecular complexity index is 3080. The summed E-state index contributed by atoms with van der Waals surface area (Å²) in [7, 11) is 0. The van der Waals surface area contributed by atoms with Gasteiger partial charge in [-0.3, -0.25) is 0 Å². The van der Waals surface area contributed by atoms with Crippen molar-refractivity contribution in [1.29, 1.82) is 0 Å². The first-order valence-electron chi connectivity index (χ1n) is 20.9. The van der Waals surface area contributed by atoms with Crippen molar-refractivity contribution in [3.05, 3.63) is 196 Å². The van der Waals surface area contributed by atoms with Crippen LogP contribution in [0.25, 0.3) is 72.2 Å². The first-order chi connectivity index (χ1) is 29.5. The monoisotopic (exact) mass is 795 g/mol. The molecular weight excluding hydrogens is 751 g/mol. The van der Waals surface area contributed by atoms with Gasteiger partial charge in [0.1, 0.15) is 18.2 Å². The lowest BCUT2D eigenvalue weighted by atomic mass is 9.83. The summed E-state index contributed by atoms with van der Waals surface area (Å²) in [5.74, 6) is 3.02. The van der Waals surface area contributed by atoms with Crippen molar-refractivity contribution in [1.82, 2.24) is 15.0 Å². The fourth-order valence-corrected chi connectivity index (χ4v) is 10.3. The molecule has 0 amide bonds. The third-order valence-electron chi connectivity index (χ3n) is 12.2. The third kappa shape index (κ3) is 6.69. The van der Waals surface area contributed by atoms with Gasteiger partial charge in [-0.1, -0.05) is 128 Å². The first kappa shape index (κ1) is 37.6. The second-order valence-electron chi connectivity index (χ2n) is 15.7. The predicted octanol–water partition coefficient (Wildman–Crippen LogP) is 14.3. The van der Waals surface area contributed by atoms with E-state index in [1.165, 1.54) is 70.3 Å². The minimum atomic E-state index is 0.0222. The molecule has 10 rings (SSSR count). The van der Waals surface area contributed by atoms with Crippen LogP contribution < -0.4 is 4.74 Å². The van der Waals surface area contributed by atoms with Crippen LogP contribution in [0.15, 0.2) is 152 Å². The number of benzene rings is 5. The molecule has 2 aromatic heterocycles. The number of fused-ring (bicyclic) bond motifs is 7. The van der Waals surface area contributed by atoms with Gasteiger partial charge in [0, 0.05) is 32.2 Å². The Labute approximate surface area is 356 Å². The molecule has 1 atom stereocenters. The summed E-state index contributed by atoms with van der Waals surface area (Å²) in [6.07, 6.45) is 22.0. The third-order valence-corrected chi connectivity index (χ3v) is 13.4. The zero-order chi connectivity index (χ0) is 40.7. The molecule has 3 aliphatic rings. The predicted molar refractivity (Wildman–Crippen MR) is 254 cm³/mol. The lowest BCUT2D eigenvalue weighted by Crippen LogP contribution is -2.13. The molecule has 0 radical (unpaired) electrons. The maximum Gasteiger partial charge on any atom is 0.163 e. The van der Waals surface area contributed by atoms with Gasteiger partial charge in [-0.25, -0.2) is 15.0 Å². The van der Waals surface area contributed by atoms with E-state index in [0.29, 0.717) is 18.3 Å². The summed E-state index contributed by atoms with van der Waals surface area (Å²) < 4.78 is 7.74. The summed E-state index contributed by atoms with van der Waals surface area (Å²) in [5, 5.41) is 3.89. The van der Waals surface area contributed by atoms with Crippen LogP contribution in [0.3, 0.4) is 0 Å². The zero-order valence-electron chi connectivity index (χ0n) is 34.2. The molecule has 3 heterocycles. The molecule has 0 N–H and O–H groups in total. The normalized spacial score (nSPS) is 17.5. The van der Waals surface area contributed by atoms with Gasteiger partial charge in [-0.2, -0.15) is 0 Å². The number of ether oxygens (including phenoxy) is 1. The number of hydrogen-bond acceptors (Lipinski definition) is 5. The Hall–Kier alpha value is -6.69. The molecule has 292 valence electrons. The van der Waals surface area contributed by atoms with Crippen molar-refractivity contribution in [3.63, 3.8) is 0 Å². The Morgan fingerprint density at radius 1 is 0.833 bits per heavy atom. The zero-order valence-corrected chi connectivity index (χ0v) is 35.0. The summed E-state index contributed by atoms with van der Waals surface area (Å²) in [4.78, 5) is 16.9. The highest BCUT2D eigenvalue weighted by molar-refractivity contribution is 7.19. The van der Waals surface area contributed by atoms with E-state index in [4.69, 9.17) is 19.7 Å². The highest BCUT2D eigenvalue weighted by Crippen LogP contribution is 2.45. The van der Waals surface area contributed by atoms with Crippen molar-refractivity contribution in [2.45, 2.75) is 46.0 Å². The number of allylic oxidation sites excluding steroid dienone is 9. The van der Waals surface area contributed by atoms with E-state index < -0.39 is 0 Å². The van der Waals surface area contributed by atoms with E-state index in [-0.39, 0.29) is 5.92 Å². The fraction of sp³-hybridized carbons (Fsp3) is 0.145. The van der Waals surface area contributed by atoms with Gasteiger partial charge in [0.15, 0.2) is 11.6 Å². The average molecular weight is 796 g/mol. The Morgan fingerprint density at radius 2 is 1.70 bits per heavy atom. The lowest BCUT2D eigenvalue weighted by molar-refractivity contribution is 0.348. The molecule has 2 aliphatic carbocycles. The van der Waals surface area contributed by atoms with Crippen molar-refractivity contribution in [2.75, 3.05) is 6.61 Å². The topological polar surface area (TPSA) is 47.9 Å². The Morgan fingerprint density at radius 3 is 2.57 bits per heavy atom. The van der Waals surface area contributed by atoms with E-state index >= 15 is 0 Å². The van der Waals surface area contributed by atoms with Gasteiger partial charge in [-0.15, -0.1) is 11.3 Å². The van der Waals surface area contributed by atoms with Crippen molar-refractivity contribution >= 4 is 61.1 Å². The van der Waals surface area contributed by atoms with Crippen LogP contribution in [0.2, 0.25) is 0 Å². The van der Waals surface area contributed by atoms with Gasteiger partial charge in [0.25, 0.3) is 0 Å². The second kappa shape index (κ2) is 15.8. The maximum atomic E-state index is 6.43. The number of rotatable bonds is 7. The number of aromatic nitrogens is 3. The van der Waals surface area contributed by atoms with Gasteiger partial charge in [0.2, 0.25) is 0 Å². The molecule has 5 aromatic carbocycles. The minimum Gasteiger partial charge on any atom is -0.488 e. The van der Waals surface area contributed by atoms with Gasteiger partial charge >= 0.3 is 0 Å². The smallest absolute Gasteiger partial charge is 0.163 e. The quantitative estimate of drug-likeness (QED) is 0.151. The standard InChI is InChI=1S/C55H45N3OS/c1-5-8-16-35(6-2)53-56-54(58-55(57-53)41-25-27-46-45-23-13-14-24-50(45)60-51(46)32-41)40-19-15-18-37(29-40)34(4)52-36(7-3)33-59-49-28-26-39(31-48(49)52)47-30-38-17-9-10-20-42(38)43-21-11-12-22-44(43)47/h5-11,13-21,23-31,41H,1,12,22,32-33H2,2-4H3/b16-8-,35-6+,36-7-,52-34?. The van der Waals surface area contributed by atoms with Crippen LogP contribution in [0.1, 0.15) is 77.5 Å². The lowest BCUT2D eigenvalue weighted by Gasteiger charge is -2.27. The highest BCUT2D eigenvalue weighted by atomic mass is 32.1. The van der Waals surface area contributed by atoms with Crippen LogP contribution >= 0.6 is 11.3 Å². The van der Waals surface area contributed by atoms with Crippen LogP contribution in [0.4, 0.5) is 0 Å². The molecule has 0 fully saturated rings. The van der Waals surface area contributed by atoms with Crippen molar-refractivity contribution < 1.29 is 4.74 Å². The molecule has 5 heteroatoms. The summed E-state index contributed by atoms with van der Waals surface area (Å²) >= 11 is 1.87. The molecule has 1 unspecified atom stereocenters. The fourth-order valence-electron chi connectivity index (χ4n) is 9.09. The molecule has 0 spiro atoms. The Balaban J connectivity index is 1.08. The molecule has 7 aromatic rings. The van der Waals surface area contributed by atoms with Crippen LogP contribution in [-0.4, -0.2) is 21.6 Å². The number of hydrogen-bond donors (Lipinski definition) is 0. The van der Waals surface area contributed by atoms with Crippen molar-refractivity contribution in [2.24, 2.45) is 0 Å². The van der Waals surface area contributed by atoms with E-state index in [1.54, 1.807) is 6.08 Å². The first-order valence-corrected chi connectivity index (χ1v) is 21.7. The number of thiophene rings is 1. The number of nitrogens with zero attached hydrogens (tertiary/aromatic N) is 3. The van der Waals surface area contributed by atoms with Gasteiger partial charge in [0.05, 0.1) is 0 Å².